The first-order valence-corrected chi connectivity index (χ1v) is 8.16. The van der Waals surface area contributed by atoms with Crippen molar-refractivity contribution in [2.45, 2.75) is 26.9 Å². The number of carbonyl (C=O) groups excluding carboxylic acids is 1. The molecule has 1 unspecified atom stereocenters. The SMILES string of the molecule is Cc1cc(Br)cc(C)c1OC(C)C(=O)Nc1cc([N+](=O)[O-])ccc1F. The maximum absolute atomic E-state index is 13.8. The molecule has 0 fully saturated rings. The lowest BCUT2D eigenvalue weighted by atomic mass is 10.1. The number of non-ortho nitro benzene ring substituents is 1. The summed E-state index contributed by atoms with van der Waals surface area (Å²) in [6, 6.07) is 6.64. The van der Waals surface area contributed by atoms with E-state index in [4.69, 9.17) is 4.74 Å². The van der Waals surface area contributed by atoms with E-state index in [-0.39, 0.29) is 11.4 Å². The Balaban J connectivity index is 2.16. The van der Waals surface area contributed by atoms with Crippen LogP contribution in [0.3, 0.4) is 0 Å². The van der Waals surface area contributed by atoms with E-state index >= 15 is 0 Å². The Morgan fingerprint density at radius 3 is 2.44 bits per heavy atom. The minimum Gasteiger partial charge on any atom is -0.480 e. The third-order valence-corrected chi connectivity index (χ3v) is 3.97. The summed E-state index contributed by atoms with van der Waals surface area (Å²) in [5.41, 5.74) is 1.10. The third-order valence-electron chi connectivity index (χ3n) is 3.51. The molecule has 25 heavy (non-hydrogen) atoms. The van der Waals surface area contributed by atoms with Crippen molar-refractivity contribution in [2.24, 2.45) is 0 Å². The van der Waals surface area contributed by atoms with Gasteiger partial charge in [-0.3, -0.25) is 14.9 Å². The minimum absolute atomic E-state index is 0.265. The van der Waals surface area contributed by atoms with Gasteiger partial charge in [0.2, 0.25) is 0 Å². The molecule has 132 valence electrons. The van der Waals surface area contributed by atoms with E-state index in [9.17, 15) is 19.3 Å². The number of ether oxygens (including phenoxy) is 1. The van der Waals surface area contributed by atoms with Crippen LogP contribution in [0.15, 0.2) is 34.8 Å². The van der Waals surface area contributed by atoms with Crippen LogP contribution in [0.25, 0.3) is 0 Å². The molecule has 0 heterocycles. The predicted octanol–water partition coefficient (Wildman–Crippen LogP) is 4.52. The largest absolute Gasteiger partial charge is 0.480 e. The quantitative estimate of drug-likeness (QED) is 0.580. The Hall–Kier alpha value is -2.48. The highest BCUT2D eigenvalue weighted by atomic mass is 79.9. The normalized spacial score (nSPS) is 11.7. The monoisotopic (exact) mass is 410 g/mol. The highest BCUT2D eigenvalue weighted by molar-refractivity contribution is 9.10. The van der Waals surface area contributed by atoms with Crippen LogP contribution in [0.5, 0.6) is 5.75 Å². The second-order valence-electron chi connectivity index (χ2n) is 5.54. The second kappa shape index (κ2) is 7.60. The Morgan fingerprint density at radius 2 is 1.88 bits per heavy atom. The highest BCUT2D eigenvalue weighted by Crippen LogP contribution is 2.28. The molecule has 0 aliphatic carbocycles. The van der Waals surface area contributed by atoms with Crippen molar-refractivity contribution in [2.75, 3.05) is 5.32 Å². The van der Waals surface area contributed by atoms with Gasteiger partial charge in [-0.05, 0) is 50.1 Å². The first-order chi connectivity index (χ1) is 11.7. The minimum atomic E-state index is -0.919. The molecule has 1 N–H and O–H groups in total. The number of anilines is 1. The van der Waals surface area contributed by atoms with Crippen LogP contribution < -0.4 is 10.1 Å². The molecule has 0 bridgehead atoms. The molecule has 2 aromatic carbocycles. The van der Waals surface area contributed by atoms with Crippen molar-refractivity contribution >= 4 is 33.2 Å². The first-order valence-electron chi connectivity index (χ1n) is 7.37. The number of benzene rings is 2. The summed E-state index contributed by atoms with van der Waals surface area (Å²) >= 11 is 3.38. The van der Waals surface area contributed by atoms with Gasteiger partial charge < -0.3 is 10.1 Å². The predicted molar refractivity (Wildman–Crippen MR) is 95.4 cm³/mol. The van der Waals surface area contributed by atoms with Gasteiger partial charge in [-0.1, -0.05) is 15.9 Å². The van der Waals surface area contributed by atoms with Crippen molar-refractivity contribution in [3.63, 3.8) is 0 Å². The van der Waals surface area contributed by atoms with E-state index in [0.717, 1.165) is 33.8 Å². The molecular formula is C17H16BrFN2O4. The number of amides is 1. The summed E-state index contributed by atoms with van der Waals surface area (Å²) in [6.07, 6.45) is -0.919. The maximum Gasteiger partial charge on any atom is 0.271 e. The molecule has 0 spiro atoms. The van der Waals surface area contributed by atoms with E-state index in [0.29, 0.717) is 5.75 Å². The average Bonchev–Trinajstić information content (AvgIpc) is 2.52. The Kier molecular flexibility index (Phi) is 5.73. The fourth-order valence-electron chi connectivity index (χ4n) is 2.27. The standard InChI is InChI=1S/C17H16BrFN2O4/c1-9-6-12(18)7-10(2)16(9)25-11(3)17(22)20-15-8-13(21(23)24)4-5-14(15)19/h4-8,11H,1-3H3,(H,20,22). The highest BCUT2D eigenvalue weighted by Gasteiger charge is 2.20. The number of aryl methyl sites for hydroxylation is 2. The molecule has 0 aromatic heterocycles. The lowest BCUT2D eigenvalue weighted by molar-refractivity contribution is -0.384. The van der Waals surface area contributed by atoms with Crippen molar-refractivity contribution in [3.05, 3.63) is 61.9 Å². The van der Waals surface area contributed by atoms with E-state index in [1.807, 2.05) is 26.0 Å². The molecule has 0 saturated heterocycles. The van der Waals surface area contributed by atoms with Crippen molar-refractivity contribution in [1.29, 1.82) is 0 Å². The van der Waals surface area contributed by atoms with Crippen LogP contribution >= 0.6 is 15.9 Å². The molecule has 1 atom stereocenters. The van der Waals surface area contributed by atoms with E-state index in [1.54, 1.807) is 0 Å². The fraction of sp³-hybridized carbons (Fsp3) is 0.235. The summed E-state index contributed by atoms with van der Waals surface area (Å²) in [6.45, 7) is 5.21. The smallest absolute Gasteiger partial charge is 0.271 e. The summed E-state index contributed by atoms with van der Waals surface area (Å²) in [5, 5.41) is 13.1. The van der Waals surface area contributed by atoms with E-state index in [2.05, 4.69) is 21.2 Å². The number of nitrogens with one attached hydrogen (secondary N) is 1. The van der Waals surface area contributed by atoms with Gasteiger partial charge >= 0.3 is 0 Å². The topological polar surface area (TPSA) is 81.5 Å². The Bertz CT molecular complexity index is 818. The van der Waals surface area contributed by atoms with Crippen LogP contribution in [0.4, 0.5) is 15.8 Å². The van der Waals surface area contributed by atoms with Gasteiger partial charge in [0.25, 0.3) is 11.6 Å². The van der Waals surface area contributed by atoms with Crippen molar-refractivity contribution in [3.8, 4) is 5.75 Å². The zero-order valence-corrected chi connectivity index (χ0v) is 15.4. The number of nitro benzene ring substituents is 1. The molecular weight excluding hydrogens is 395 g/mol. The van der Waals surface area contributed by atoms with Gasteiger partial charge in [-0.2, -0.15) is 0 Å². The van der Waals surface area contributed by atoms with Gasteiger partial charge in [0.15, 0.2) is 6.10 Å². The molecule has 0 aliphatic rings. The molecule has 2 rings (SSSR count). The number of nitrogens with zero attached hydrogens (tertiary/aromatic N) is 1. The lowest BCUT2D eigenvalue weighted by Crippen LogP contribution is -2.31. The Labute approximate surface area is 152 Å². The van der Waals surface area contributed by atoms with Gasteiger partial charge in [0, 0.05) is 16.6 Å². The molecule has 0 saturated carbocycles. The molecule has 1 amide bonds. The molecule has 0 radical (unpaired) electrons. The first kappa shape index (κ1) is 18.9. The lowest BCUT2D eigenvalue weighted by Gasteiger charge is -2.18. The zero-order chi connectivity index (χ0) is 18.7. The summed E-state index contributed by atoms with van der Waals surface area (Å²) in [5.74, 6) is -0.811. The molecule has 6 nitrogen and oxygen atoms in total. The summed E-state index contributed by atoms with van der Waals surface area (Å²) in [4.78, 5) is 22.4. The molecule has 2 aromatic rings. The van der Waals surface area contributed by atoms with E-state index in [1.165, 1.54) is 6.92 Å². The fourth-order valence-corrected chi connectivity index (χ4v) is 2.96. The van der Waals surface area contributed by atoms with Crippen molar-refractivity contribution < 1.29 is 18.8 Å². The average molecular weight is 411 g/mol. The number of hydrogen-bond donors (Lipinski definition) is 1. The molecule has 0 aliphatic heterocycles. The van der Waals surface area contributed by atoms with Gasteiger partial charge in [0.1, 0.15) is 11.6 Å². The number of carbonyl (C=O) groups is 1. The number of halogens is 2. The molecule has 8 heteroatoms. The van der Waals surface area contributed by atoms with Crippen LogP contribution in [0, 0.1) is 29.8 Å². The van der Waals surface area contributed by atoms with Crippen LogP contribution in [0.1, 0.15) is 18.1 Å². The van der Waals surface area contributed by atoms with Crippen LogP contribution in [-0.4, -0.2) is 16.9 Å². The zero-order valence-electron chi connectivity index (χ0n) is 13.8. The third kappa shape index (κ3) is 4.54. The Morgan fingerprint density at radius 1 is 1.28 bits per heavy atom. The van der Waals surface area contributed by atoms with Crippen LogP contribution in [0.2, 0.25) is 0 Å². The summed E-state index contributed by atoms with van der Waals surface area (Å²) < 4.78 is 20.4. The van der Waals surface area contributed by atoms with E-state index < -0.39 is 22.8 Å². The summed E-state index contributed by atoms with van der Waals surface area (Å²) in [7, 11) is 0. The van der Waals surface area contributed by atoms with Gasteiger partial charge in [-0.15, -0.1) is 0 Å². The van der Waals surface area contributed by atoms with Crippen molar-refractivity contribution in [1.82, 2.24) is 0 Å². The van der Waals surface area contributed by atoms with Gasteiger partial charge in [-0.25, -0.2) is 4.39 Å². The number of nitro groups is 1. The second-order valence-corrected chi connectivity index (χ2v) is 6.45. The van der Waals surface area contributed by atoms with Crippen LogP contribution in [-0.2, 0) is 4.79 Å². The van der Waals surface area contributed by atoms with Gasteiger partial charge in [0.05, 0.1) is 10.6 Å². The number of hydrogen-bond acceptors (Lipinski definition) is 4. The number of rotatable bonds is 5. The maximum atomic E-state index is 13.8.